The van der Waals surface area contributed by atoms with Crippen LogP contribution in [0.25, 0.3) is 55.6 Å². The lowest BCUT2D eigenvalue weighted by atomic mass is 9.92. The number of aryl methyl sites for hydroxylation is 1. The molecule has 0 aliphatic rings. The number of benzene rings is 4. The van der Waals surface area contributed by atoms with Gasteiger partial charge in [0.2, 0.25) is 0 Å². The fourth-order valence-corrected chi connectivity index (χ4v) is 6.32. The van der Waals surface area contributed by atoms with Crippen LogP contribution >= 0.6 is 0 Å². The predicted molar refractivity (Wildman–Crippen MR) is 164 cm³/mol. The van der Waals surface area contributed by atoms with E-state index in [1.54, 1.807) is 6.20 Å². The van der Waals surface area contributed by atoms with Crippen molar-refractivity contribution in [1.29, 1.82) is 0 Å². The molecule has 2 aromatic heterocycles. The number of hydrogen-bond donors (Lipinski definition) is 0. The average molecular weight is 544 g/mol. The Morgan fingerprint density at radius 2 is 1.40 bits per heavy atom. The Bertz CT molecular complexity index is 1980. The maximum Gasteiger partial charge on any atom is 0.148 e. The van der Waals surface area contributed by atoms with E-state index in [2.05, 4.69) is 61.5 Å². The van der Waals surface area contributed by atoms with Crippen LogP contribution in [0.1, 0.15) is 24.0 Å². The minimum atomic E-state index is -3.13. The van der Waals surface area contributed by atoms with Gasteiger partial charge in [0, 0.05) is 34.5 Å². The van der Waals surface area contributed by atoms with Crippen LogP contribution in [0, 0.1) is 6.92 Å². The third-order valence-corrected chi connectivity index (χ3v) is 8.30. The Labute approximate surface area is 234 Å². The number of aromatic nitrogens is 3. The Kier molecular flexibility index (Phi) is 6.64. The van der Waals surface area contributed by atoms with Gasteiger partial charge in [-0.3, -0.25) is 4.98 Å². The average Bonchev–Trinajstić information content (AvgIpc) is 2.95. The Morgan fingerprint density at radius 1 is 0.725 bits per heavy atom. The monoisotopic (exact) mass is 543 g/mol. The molecule has 0 saturated carbocycles. The van der Waals surface area contributed by atoms with Gasteiger partial charge >= 0.3 is 0 Å². The van der Waals surface area contributed by atoms with Crippen molar-refractivity contribution in [3.05, 3.63) is 114 Å². The summed E-state index contributed by atoms with van der Waals surface area (Å²) in [6.45, 7) is 4.03. The van der Waals surface area contributed by atoms with E-state index in [9.17, 15) is 8.42 Å². The molecular weight excluding hydrogens is 514 g/mol. The van der Waals surface area contributed by atoms with E-state index in [0.717, 1.165) is 61.1 Å². The molecule has 0 aliphatic heterocycles. The first-order valence-electron chi connectivity index (χ1n) is 13.3. The van der Waals surface area contributed by atoms with E-state index < -0.39 is 9.84 Å². The number of sulfone groups is 1. The quantitative estimate of drug-likeness (QED) is 0.216. The van der Waals surface area contributed by atoms with Gasteiger partial charge in [-0.1, -0.05) is 73.2 Å². The van der Waals surface area contributed by atoms with Crippen molar-refractivity contribution in [2.24, 2.45) is 0 Å². The number of hydrogen-bond acceptors (Lipinski definition) is 5. The topological polar surface area (TPSA) is 72.8 Å². The largest absolute Gasteiger partial charge is 0.256 e. The summed E-state index contributed by atoms with van der Waals surface area (Å²) in [4.78, 5) is 14.8. The molecule has 0 amide bonds. The summed E-state index contributed by atoms with van der Waals surface area (Å²) >= 11 is 0. The molecule has 198 valence electrons. The van der Waals surface area contributed by atoms with Crippen molar-refractivity contribution >= 4 is 31.8 Å². The number of pyridine rings is 1. The van der Waals surface area contributed by atoms with E-state index in [0.29, 0.717) is 0 Å². The lowest BCUT2D eigenvalue weighted by Gasteiger charge is -2.16. The molecule has 5 nitrogen and oxygen atoms in total. The molecule has 0 bridgehead atoms. The Morgan fingerprint density at radius 3 is 2.10 bits per heavy atom. The van der Waals surface area contributed by atoms with E-state index >= 15 is 0 Å². The highest BCUT2D eigenvalue weighted by Gasteiger charge is 2.18. The molecule has 1 unspecified atom stereocenters. The fraction of sp³-hybridized carbons (Fsp3) is 0.147. The first-order valence-corrected chi connectivity index (χ1v) is 15.3. The summed E-state index contributed by atoms with van der Waals surface area (Å²) in [7, 11) is -3.13. The van der Waals surface area contributed by atoms with Gasteiger partial charge in [0.05, 0.1) is 33.7 Å². The maximum atomic E-state index is 12.1. The van der Waals surface area contributed by atoms with Gasteiger partial charge in [0.25, 0.3) is 0 Å². The highest BCUT2D eigenvalue weighted by molar-refractivity contribution is 7.90. The number of para-hydroxylation sites is 2. The highest BCUT2D eigenvalue weighted by atomic mass is 32.2. The van der Waals surface area contributed by atoms with Crippen LogP contribution in [0.2, 0.25) is 0 Å². The van der Waals surface area contributed by atoms with Crippen molar-refractivity contribution in [3.8, 4) is 33.6 Å². The van der Waals surface area contributed by atoms with Gasteiger partial charge in [-0.2, -0.15) is 0 Å². The SMILES string of the molecule is Cc1ccc(-c2nc3ccccc3nc2-c2cccc(-c3cc(C(C)CS(C)(=O)=O)cc4cccnc34)c2)cc1. The summed E-state index contributed by atoms with van der Waals surface area (Å²) in [6.07, 6.45) is 3.08. The summed E-state index contributed by atoms with van der Waals surface area (Å²) in [5.74, 6) is -0.0637. The third kappa shape index (κ3) is 5.23. The molecule has 0 radical (unpaired) electrons. The van der Waals surface area contributed by atoms with E-state index in [-0.39, 0.29) is 11.7 Å². The molecule has 6 rings (SSSR count). The Balaban J connectivity index is 1.54. The molecular formula is C34H29N3O2S. The normalized spacial score (nSPS) is 12.6. The van der Waals surface area contributed by atoms with E-state index in [4.69, 9.17) is 15.0 Å². The molecule has 0 N–H and O–H groups in total. The number of nitrogens with zero attached hydrogens (tertiary/aromatic N) is 3. The molecule has 1 atom stereocenters. The maximum absolute atomic E-state index is 12.1. The molecule has 0 aliphatic carbocycles. The molecule has 6 aromatic rings. The highest BCUT2D eigenvalue weighted by Crippen LogP contribution is 2.36. The first kappa shape index (κ1) is 25.8. The minimum absolute atomic E-state index is 0.0881. The molecule has 40 heavy (non-hydrogen) atoms. The van der Waals surface area contributed by atoms with Crippen molar-refractivity contribution in [1.82, 2.24) is 15.0 Å². The molecule has 0 spiro atoms. The van der Waals surface area contributed by atoms with Gasteiger partial charge in [-0.25, -0.2) is 18.4 Å². The summed E-state index contributed by atoms with van der Waals surface area (Å²) in [6, 6.07) is 32.6. The van der Waals surface area contributed by atoms with Gasteiger partial charge in [0.15, 0.2) is 0 Å². The van der Waals surface area contributed by atoms with Crippen LogP contribution in [-0.2, 0) is 9.84 Å². The number of fused-ring (bicyclic) bond motifs is 2. The summed E-state index contributed by atoms with van der Waals surface area (Å²) in [5.41, 5.74) is 10.3. The molecule has 0 fully saturated rings. The second-order valence-electron chi connectivity index (χ2n) is 10.5. The number of rotatable bonds is 6. The van der Waals surface area contributed by atoms with Crippen molar-refractivity contribution < 1.29 is 8.42 Å². The van der Waals surface area contributed by atoms with Crippen LogP contribution < -0.4 is 0 Å². The lowest BCUT2D eigenvalue weighted by Crippen LogP contribution is -2.10. The fourth-order valence-electron chi connectivity index (χ4n) is 5.22. The zero-order valence-corrected chi connectivity index (χ0v) is 23.5. The van der Waals surface area contributed by atoms with E-state index in [1.807, 2.05) is 49.4 Å². The van der Waals surface area contributed by atoms with Crippen LogP contribution in [-0.4, -0.2) is 35.4 Å². The lowest BCUT2D eigenvalue weighted by molar-refractivity contribution is 0.596. The Hall–Kier alpha value is -4.42. The van der Waals surface area contributed by atoms with Gasteiger partial charge in [-0.05, 0) is 60.4 Å². The minimum Gasteiger partial charge on any atom is -0.256 e. The first-order chi connectivity index (χ1) is 19.2. The van der Waals surface area contributed by atoms with E-state index in [1.165, 1.54) is 11.8 Å². The zero-order chi connectivity index (χ0) is 27.9. The standard InChI is InChI=1S/C34H29N3O2S/c1-22-13-15-24(16-14-22)33-34(37-31-12-5-4-11-30(31)36-33)27-9-6-8-25(18-27)29-20-28(23(2)21-40(3,38)39)19-26-10-7-17-35-32(26)29/h4-20,23H,21H2,1-3H3. The second kappa shape index (κ2) is 10.3. The summed E-state index contributed by atoms with van der Waals surface area (Å²) < 4.78 is 24.1. The summed E-state index contributed by atoms with van der Waals surface area (Å²) in [5, 5.41) is 0.978. The van der Waals surface area contributed by atoms with Crippen LogP contribution in [0.4, 0.5) is 0 Å². The van der Waals surface area contributed by atoms with Gasteiger partial charge < -0.3 is 0 Å². The van der Waals surface area contributed by atoms with Gasteiger partial charge in [-0.15, -0.1) is 0 Å². The molecule has 6 heteroatoms. The van der Waals surface area contributed by atoms with Crippen molar-refractivity contribution in [2.45, 2.75) is 19.8 Å². The molecule has 2 heterocycles. The van der Waals surface area contributed by atoms with Crippen molar-refractivity contribution in [3.63, 3.8) is 0 Å². The smallest absolute Gasteiger partial charge is 0.148 e. The van der Waals surface area contributed by atoms with Crippen molar-refractivity contribution in [2.75, 3.05) is 12.0 Å². The second-order valence-corrected chi connectivity index (χ2v) is 12.7. The molecule has 4 aromatic carbocycles. The predicted octanol–water partition coefficient (Wildman–Crippen LogP) is 7.64. The molecule has 0 saturated heterocycles. The van der Waals surface area contributed by atoms with Crippen LogP contribution in [0.15, 0.2) is 103 Å². The third-order valence-electron chi connectivity index (χ3n) is 7.19. The van der Waals surface area contributed by atoms with Gasteiger partial charge in [0.1, 0.15) is 9.84 Å². The van der Waals surface area contributed by atoms with Crippen LogP contribution in [0.5, 0.6) is 0 Å². The zero-order valence-electron chi connectivity index (χ0n) is 22.7. The van der Waals surface area contributed by atoms with Crippen LogP contribution in [0.3, 0.4) is 0 Å².